The van der Waals surface area contributed by atoms with Gasteiger partial charge in [0, 0.05) is 17.0 Å². The molecule has 2 aromatic rings. The average Bonchev–Trinajstić information content (AvgIpc) is 2.81. The van der Waals surface area contributed by atoms with Crippen LogP contribution in [0.4, 0.5) is 4.39 Å². The van der Waals surface area contributed by atoms with E-state index in [4.69, 9.17) is 0 Å². The van der Waals surface area contributed by atoms with Crippen LogP contribution in [0.1, 0.15) is 26.3 Å². The van der Waals surface area contributed by atoms with Crippen LogP contribution in [-0.2, 0) is 6.54 Å². The molecule has 0 aliphatic carbocycles. The fourth-order valence-electron chi connectivity index (χ4n) is 1.53. The van der Waals surface area contributed by atoms with Crippen LogP contribution < -0.4 is 5.32 Å². The number of rotatable bonds is 4. The van der Waals surface area contributed by atoms with E-state index in [0.717, 1.165) is 9.77 Å². The van der Waals surface area contributed by atoms with E-state index in [1.54, 1.807) is 17.4 Å². The molecule has 0 aliphatic rings. The molecule has 1 aromatic heterocycles. The van der Waals surface area contributed by atoms with Gasteiger partial charge in [-0.3, -0.25) is 0 Å². The fraction of sp³-hybridized carbons (Fsp3) is 0.333. The molecule has 0 unspecified atom stereocenters. The zero-order chi connectivity index (χ0) is 13.9. The standard InChI is InChI=1S/C15H18FNS2/c1-15(2,3)17-10-11-6-7-13(12(16)9-11)19-14-5-4-8-18-14/h4-9,17H,10H2,1-3H3. The molecule has 0 amide bonds. The summed E-state index contributed by atoms with van der Waals surface area (Å²) in [6.45, 7) is 6.99. The number of hydrogen-bond acceptors (Lipinski definition) is 3. The summed E-state index contributed by atoms with van der Waals surface area (Å²) in [5.74, 6) is -0.147. The molecule has 0 atom stereocenters. The summed E-state index contributed by atoms with van der Waals surface area (Å²) in [5.41, 5.74) is 1.02. The van der Waals surface area contributed by atoms with Crippen molar-refractivity contribution in [3.8, 4) is 0 Å². The Bertz CT molecular complexity index is 530. The zero-order valence-corrected chi connectivity index (χ0v) is 13.0. The second-order valence-corrected chi connectivity index (χ2v) is 7.69. The summed E-state index contributed by atoms with van der Waals surface area (Å²) in [6, 6.07) is 9.45. The number of benzene rings is 1. The first-order valence-corrected chi connectivity index (χ1v) is 7.88. The average molecular weight is 295 g/mol. The molecule has 1 nitrogen and oxygen atoms in total. The third-order valence-corrected chi connectivity index (χ3v) is 4.61. The van der Waals surface area contributed by atoms with Crippen LogP contribution in [0.2, 0.25) is 0 Å². The van der Waals surface area contributed by atoms with Crippen molar-refractivity contribution in [1.29, 1.82) is 0 Å². The molecule has 1 heterocycles. The molecule has 1 aromatic carbocycles. The van der Waals surface area contributed by atoms with Crippen LogP contribution >= 0.6 is 23.1 Å². The van der Waals surface area contributed by atoms with Gasteiger partial charge in [0.15, 0.2) is 0 Å². The molecule has 0 radical (unpaired) electrons. The molecular formula is C15H18FNS2. The number of thiophene rings is 1. The normalized spacial score (nSPS) is 11.8. The molecule has 2 rings (SSSR count). The highest BCUT2D eigenvalue weighted by Gasteiger charge is 2.10. The van der Waals surface area contributed by atoms with Gasteiger partial charge in [0.25, 0.3) is 0 Å². The van der Waals surface area contributed by atoms with Crippen molar-refractivity contribution in [3.63, 3.8) is 0 Å². The Hall–Kier alpha value is -0.840. The maximum absolute atomic E-state index is 14.0. The van der Waals surface area contributed by atoms with Crippen LogP contribution in [-0.4, -0.2) is 5.54 Å². The number of hydrogen-bond donors (Lipinski definition) is 1. The van der Waals surface area contributed by atoms with E-state index < -0.39 is 0 Å². The minimum atomic E-state index is -0.147. The minimum Gasteiger partial charge on any atom is -0.308 e. The van der Waals surface area contributed by atoms with E-state index in [1.807, 2.05) is 29.6 Å². The molecule has 102 valence electrons. The van der Waals surface area contributed by atoms with E-state index >= 15 is 0 Å². The number of halogens is 1. The topological polar surface area (TPSA) is 12.0 Å². The first-order chi connectivity index (χ1) is 8.94. The maximum atomic E-state index is 14.0. The lowest BCUT2D eigenvalue weighted by Gasteiger charge is -2.20. The van der Waals surface area contributed by atoms with Gasteiger partial charge in [-0.15, -0.1) is 11.3 Å². The van der Waals surface area contributed by atoms with Gasteiger partial charge in [0.05, 0.1) is 4.21 Å². The van der Waals surface area contributed by atoms with Crippen LogP contribution in [0, 0.1) is 5.82 Å². The Balaban J connectivity index is 2.05. The lowest BCUT2D eigenvalue weighted by molar-refractivity contribution is 0.423. The van der Waals surface area contributed by atoms with Gasteiger partial charge in [0.2, 0.25) is 0 Å². The Labute approximate surface area is 122 Å². The van der Waals surface area contributed by atoms with E-state index in [2.05, 4.69) is 26.1 Å². The second-order valence-electron chi connectivity index (χ2n) is 5.40. The van der Waals surface area contributed by atoms with Crippen molar-refractivity contribution < 1.29 is 4.39 Å². The smallest absolute Gasteiger partial charge is 0.137 e. The first-order valence-electron chi connectivity index (χ1n) is 6.19. The van der Waals surface area contributed by atoms with Crippen molar-refractivity contribution in [3.05, 3.63) is 47.1 Å². The van der Waals surface area contributed by atoms with E-state index in [-0.39, 0.29) is 11.4 Å². The van der Waals surface area contributed by atoms with Crippen molar-refractivity contribution in [1.82, 2.24) is 5.32 Å². The Kier molecular flexibility index (Phi) is 4.66. The molecule has 0 spiro atoms. The zero-order valence-electron chi connectivity index (χ0n) is 11.4. The van der Waals surface area contributed by atoms with E-state index in [0.29, 0.717) is 11.4 Å². The van der Waals surface area contributed by atoms with Gasteiger partial charge >= 0.3 is 0 Å². The SMILES string of the molecule is CC(C)(C)NCc1ccc(Sc2cccs2)c(F)c1. The van der Waals surface area contributed by atoms with Crippen LogP contribution in [0.15, 0.2) is 44.8 Å². The summed E-state index contributed by atoms with van der Waals surface area (Å²) in [4.78, 5) is 0.682. The van der Waals surface area contributed by atoms with Crippen molar-refractivity contribution >= 4 is 23.1 Å². The predicted molar refractivity (Wildman–Crippen MR) is 81.4 cm³/mol. The van der Waals surface area contributed by atoms with Gasteiger partial charge in [-0.2, -0.15) is 0 Å². The molecule has 0 aliphatic heterocycles. The monoisotopic (exact) mass is 295 g/mol. The molecule has 0 saturated heterocycles. The summed E-state index contributed by atoms with van der Waals surface area (Å²) in [6.07, 6.45) is 0. The van der Waals surface area contributed by atoms with Crippen LogP contribution in [0.3, 0.4) is 0 Å². The summed E-state index contributed by atoms with van der Waals surface area (Å²) < 4.78 is 15.1. The molecule has 0 saturated carbocycles. The Morgan fingerprint density at radius 3 is 2.63 bits per heavy atom. The van der Waals surface area contributed by atoms with Crippen molar-refractivity contribution in [2.75, 3.05) is 0 Å². The summed E-state index contributed by atoms with van der Waals surface area (Å²) in [7, 11) is 0. The first kappa shape index (κ1) is 14.6. The summed E-state index contributed by atoms with van der Waals surface area (Å²) >= 11 is 3.10. The van der Waals surface area contributed by atoms with Gasteiger partial charge in [0.1, 0.15) is 5.82 Å². The quantitative estimate of drug-likeness (QED) is 0.858. The molecule has 0 bridgehead atoms. The van der Waals surface area contributed by atoms with Crippen LogP contribution in [0.5, 0.6) is 0 Å². The Morgan fingerprint density at radius 1 is 1.26 bits per heavy atom. The lowest BCUT2D eigenvalue weighted by atomic mass is 10.1. The highest BCUT2D eigenvalue weighted by molar-refractivity contribution is 8.01. The molecular weight excluding hydrogens is 277 g/mol. The van der Waals surface area contributed by atoms with Gasteiger partial charge in [-0.1, -0.05) is 23.9 Å². The van der Waals surface area contributed by atoms with Gasteiger partial charge in [-0.05, 0) is 49.9 Å². The summed E-state index contributed by atoms with van der Waals surface area (Å²) in [5, 5.41) is 5.36. The predicted octanol–water partition coefficient (Wildman–Crippen LogP) is 4.93. The Morgan fingerprint density at radius 2 is 2.05 bits per heavy atom. The third kappa shape index (κ3) is 4.64. The van der Waals surface area contributed by atoms with Crippen molar-refractivity contribution in [2.45, 2.75) is 42.0 Å². The minimum absolute atomic E-state index is 0.0425. The highest BCUT2D eigenvalue weighted by atomic mass is 32.2. The molecule has 19 heavy (non-hydrogen) atoms. The van der Waals surface area contributed by atoms with Gasteiger partial charge in [-0.25, -0.2) is 4.39 Å². The largest absolute Gasteiger partial charge is 0.308 e. The van der Waals surface area contributed by atoms with Gasteiger partial charge < -0.3 is 5.32 Å². The van der Waals surface area contributed by atoms with Crippen molar-refractivity contribution in [2.24, 2.45) is 0 Å². The second kappa shape index (κ2) is 6.07. The molecule has 1 N–H and O–H groups in total. The molecule has 0 fully saturated rings. The highest BCUT2D eigenvalue weighted by Crippen LogP contribution is 2.33. The lowest BCUT2D eigenvalue weighted by Crippen LogP contribution is -2.35. The third-order valence-electron chi connectivity index (χ3n) is 2.52. The molecule has 4 heteroatoms. The van der Waals surface area contributed by atoms with E-state index in [9.17, 15) is 4.39 Å². The maximum Gasteiger partial charge on any atom is 0.137 e. The van der Waals surface area contributed by atoms with E-state index in [1.165, 1.54) is 11.8 Å². The fourth-order valence-corrected chi connectivity index (χ4v) is 3.27. The van der Waals surface area contributed by atoms with Crippen LogP contribution in [0.25, 0.3) is 0 Å². The number of nitrogens with one attached hydrogen (secondary N) is 1.